The second kappa shape index (κ2) is 5.61. The van der Waals surface area contributed by atoms with Crippen molar-refractivity contribution in [3.05, 3.63) is 84.2 Å². The van der Waals surface area contributed by atoms with Crippen molar-refractivity contribution in [2.75, 3.05) is 0 Å². The van der Waals surface area contributed by atoms with Gasteiger partial charge in [0.15, 0.2) is 5.65 Å². The van der Waals surface area contributed by atoms with Gasteiger partial charge in [0.2, 0.25) is 0 Å². The normalized spacial score (nSPS) is 11.0. The summed E-state index contributed by atoms with van der Waals surface area (Å²) >= 11 is 0. The topological polar surface area (TPSA) is 43.6 Å². The Labute approximate surface area is 132 Å². The SMILES string of the molecule is Fc1ccc(Cc2nc3cccnc3n2-c2ccccn2)cc1. The number of aromatic nitrogens is 4. The van der Waals surface area contributed by atoms with E-state index in [1.54, 1.807) is 24.5 Å². The molecule has 0 atom stereocenters. The first kappa shape index (κ1) is 13.6. The number of halogens is 1. The molecule has 3 aromatic heterocycles. The third-order valence-electron chi connectivity index (χ3n) is 3.64. The van der Waals surface area contributed by atoms with Gasteiger partial charge in [0.25, 0.3) is 0 Å². The van der Waals surface area contributed by atoms with Crippen LogP contribution < -0.4 is 0 Å². The maximum Gasteiger partial charge on any atom is 0.165 e. The molecule has 0 aliphatic carbocycles. The van der Waals surface area contributed by atoms with Gasteiger partial charge < -0.3 is 0 Å². The highest BCUT2D eigenvalue weighted by Gasteiger charge is 2.14. The summed E-state index contributed by atoms with van der Waals surface area (Å²) < 4.78 is 15.0. The van der Waals surface area contributed by atoms with Crippen molar-refractivity contribution < 1.29 is 4.39 Å². The van der Waals surface area contributed by atoms with E-state index in [0.29, 0.717) is 6.42 Å². The Kier molecular flexibility index (Phi) is 3.31. The first-order chi connectivity index (χ1) is 11.3. The predicted octanol–water partition coefficient (Wildman–Crippen LogP) is 3.55. The van der Waals surface area contributed by atoms with E-state index in [9.17, 15) is 4.39 Å². The molecule has 0 saturated heterocycles. The molecule has 0 spiro atoms. The number of nitrogens with zero attached hydrogens (tertiary/aromatic N) is 4. The third-order valence-corrected chi connectivity index (χ3v) is 3.64. The highest BCUT2D eigenvalue weighted by molar-refractivity contribution is 5.73. The van der Waals surface area contributed by atoms with Crippen LogP contribution in [0.2, 0.25) is 0 Å². The molecule has 112 valence electrons. The van der Waals surface area contributed by atoms with Gasteiger partial charge in [-0.25, -0.2) is 19.3 Å². The minimum atomic E-state index is -0.242. The number of hydrogen-bond acceptors (Lipinski definition) is 3. The predicted molar refractivity (Wildman–Crippen MR) is 85.9 cm³/mol. The standard InChI is InChI=1S/C18H13FN4/c19-14-8-6-13(7-9-14)12-17-22-15-4-3-11-21-18(15)23(17)16-5-1-2-10-20-16/h1-11H,12H2. The van der Waals surface area contributed by atoms with Gasteiger partial charge >= 0.3 is 0 Å². The summed E-state index contributed by atoms with van der Waals surface area (Å²) in [5, 5.41) is 0. The van der Waals surface area contributed by atoms with Crippen molar-refractivity contribution in [3.8, 4) is 5.82 Å². The molecule has 0 amide bonds. The molecule has 4 nitrogen and oxygen atoms in total. The average Bonchev–Trinajstić information content (AvgIpc) is 2.95. The first-order valence-electron chi connectivity index (χ1n) is 7.29. The second-order valence-corrected chi connectivity index (χ2v) is 5.20. The molecule has 4 rings (SSSR count). The number of rotatable bonds is 3. The van der Waals surface area contributed by atoms with Crippen molar-refractivity contribution in [3.63, 3.8) is 0 Å². The quantitative estimate of drug-likeness (QED) is 0.581. The van der Waals surface area contributed by atoms with Gasteiger partial charge in [0.1, 0.15) is 23.0 Å². The number of fused-ring (bicyclic) bond motifs is 1. The van der Waals surface area contributed by atoms with Crippen LogP contribution in [0.25, 0.3) is 17.0 Å². The lowest BCUT2D eigenvalue weighted by molar-refractivity contribution is 0.627. The van der Waals surface area contributed by atoms with Crippen molar-refractivity contribution in [1.82, 2.24) is 19.5 Å². The van der Waals surface area contributed by atoms with Crippen LogP contribution in [0.1, 0.15) is 11.4 Å². The molecule has 4 aromatic rings. The van der Waals surface area contributed by atoms with Gasteiger partial charge in [-0.2, -0.15) is 0 Å². The van der Waals surface area contributed by atoms with Crippen LogP contribution in [0.3, 0.4) is 0 Å². The van der Waals surface area contributed by atoms with Crippen molar-refractivity contribution in [2.45, 2.75) is 6.42 Å². The number of hydrogen-bond donors (Lipinski definition) is 0. The van der Waals surface area contributed by atoms with E-state index in [-0.39, 0.29) is 5.82 Å². The zero-order chi connectivity index (χ0) is 15.6. The summed E-state index contributed by atoms with van der Waals surface area (Å²) in [7, 11) is 0. The Morgan fingerprint density at radius 1 is 0.870 bits per heavy atom. The minimum absolute atomic E-state index is 0.242. The first-order valence-corrected chi connectivity index (χ1v) is 7.29. The summed E-state index contributed by atoms with van der Waals surface area (Å²) in [5.41, 5.74) is 2.57. The van der Waals surface area contributed by atoms with Crippen LogP contribution in [0.15, 0.2) is 67.0 Å². The van der Waals surface area contributed by atoms with Crippen molar-refractivity contribution >= 4 is 11.2 Å². The number of benzene rings is 1. The molecule has 0 unspecified atom stereocenters. The van der Waals surface area contributed by atoms with Crippen molar-refractivity contribution in [2.24, 2.45) is 0 Å². The van der Waals surface area contributed by atoms with Crippen LogP contribution in [0.4, 0.5) is 4.39 Å². The Bertz CT molecular complexity index is 946. The maximum atomic E-state index is 13.1. The van der Waals surface area contributed by atoms with E-state index < -0.39 is 0 Å². The summed E-state index contributed by atoms with van der Waals surface area (Å²) in [6.07, 6.45) is 4.06. The lowest BCUT2D eigenvalue weighted by atomic mass is 10.1. The second-order valence-electron chi connectivity index (χ2n) is 5.20. The fourth-order valence-electron chi connectivity index (χ4n) is 2.59. The summed E-state index contributed by atoms with van der Waals surface area (Å²) in [6.45, 7) is 0. The molecule has 0 fully saturated rings. The zero-order valence-corrected chi connectivity index (χ0v) is 12.2. The van der Waals surface area contributed by atoms with Gasteiger partial charge in [-0.05, 0) is 42.0 Å². The van der Waals surface area contributed by atoms with Crippen LogP contribution in [0.5, 0.6) is 0 Å². The van der Waals surface area contributed by atoms with Crippen LogP contribution >= 0.6 is 0 Å². The zero-order valence-electron chi connectivity index (χ0n) is 12.2. The van der Waals surface area contributed by atoms with Gasteiger partial charge in [-0.1, -0.05) is 18.2 Å². The van der Waals surface area contributed by atoms with Gasteiger partial charge in [-0.15, -0.1) is 0 Å². The minimum Gasteiger partial charge on any atom is -0.264 e. The molecule has 0 bridgehead atoms. The molecule has 0 N–H and O–H groups in total. The lowest BCUT2D eigenvalue weighted by Crippen LogP contribution is -2.04. The van der Waals surface area contributed by atoms with E-state index in [1.807, 2.05) is 34.9 Å². The molecule has 1 aromatic carbocycles. The Balaban J connectivity index is 1.87. The molecule has 0 aliphatic heterocycles. The summed E-state index contributed by atoms with van der Waals surface area (Å²) in [6, 6.07) is 16.0. The Morgan fingerprint density at radius 2 is 1.70 bits per heavy atom. The molecular weight excluding hydrogens is 291 g/mol. The van der Waals surface area contributed by atoms with E-state index in [0.717, 1.165) is 28.4 Å². The van der Waals surface area contributed by atoms with Crippen LogP contribution in [0, 0.1) is 5.82 Å². The molecule has 0 aliphatic rings. The fourth-order valence-corrected chi connectivity index (χ4v) is 2.59. The molecular formula is C18H13FN4. The number of pyridine rings is 2. The Morgan fingerprint density at radius 3 is 2.48 bits per heavy atom. The molecule has 3 heterocycles. The molecule has 23 heavy (non-hydrogen) atoms. The van der Waals surface area contributed by atoms with E-state index >= 15 is 0 Å². The monoisotopic (exact) mass is 304 g/mol. The lowest BCUT2D eigenvalue weighted by Gasteiger charge is -2.07. The maximum absolute atomic E-state index is 13.1. The average molecular weight is 304 g/mol. The summed E-state index contributed by atoms with van der Waals surface area (Å²) in [5.74, 6) is 1.35. The van der Waals surface area contributed by atoms with E-state index in [2.05, 4.69) is 15.0 Å². The number of imidazole rings is 1. The van der Waals surface area contributed by atoms with Gasteiger partial charge in [-0.3, -0.25) is 4.57 Å². The van der Waals surface area contributed by atoms with E-state index in [4.69, 9.17) is 0 Å². The van der Waals surface area contributed by atoms with Crippen molar-refractivity contribution in [1.29, 1.82) is 0 Å². The molecule has 0 radical (unpaired) electrons. The van der Waals surface area contributed by atoms with E-state index in [1.165, 1.54) is 12.1 Å². The van der Waals surface area contributed by atoms with Gasteiger partial charge in [0.05, 0.1) is 0 Å². The fraction of sp³-hybridized carbons (Fsp3) is 0.0556. The highest BCUT2D eigenvalue weighted by Crippen LogP contribution is 2.20. The molecule has 0 saturated carbocycles. The van der Waals surface area contributed by atoms with Gasteiger partial charge in [0, 0.05) is 18.8 Å². The molecule has 5 heteroatoms. The Hall–Kier alpha value is -3.08. The largest absolute Gasteiger partial charge is 0.264 e. The smallest absolute Gasteiger partial charge is 0.165 e. The van der Waals surface area contributed by atoms with Crippen LogP contribution in [-0.4, -0.2) is 19.5 Å². The van der Waals surface area contributed by atoms with Crippen LogP contribution in [-0.2, 0) is 6.42 Å². The summed E-state index contributed by atoms with van der Waals surface area (Å²) in [4.78, 5) is 13.5. The third kappa shape index (κ3) is 2.57. The highest BCUT2D eigenvalue weighted by atomic mass is 19.1.